The number of hydrogen-bond donors (Lipinski definition) is 0. The maximum Gasteiger partial charge on any atom is 0.416 e. The van der Waals surface area contributed by atoms with E-state index in [1.165, 1.54) is 11.0 Å². The van der Waals surface area contributed by atoms with Crippen molar-refractivity contribution in [1.82, 2.24) is 9.88 Å². The normalized spacial score (nSPS) is 19.8. The molecule has 1 aliphatic carbocycles. The van der Waals surface area contributed by atoms with Gasteiger partial charge in [-0.25, -0.2) is 19.6 Å². The Morgan fingerprint density at radius 1 is 0.962 bits per heavy atom. The highest BCUT2D eigenvalue weighted by Crippen LogP contribution is 2.38. The van der Waals surface area contributed by atoms with Gasteiger partial charge in [-0.15, -0.1) is 0 Å². The zero-order valence-electron chi connectivity index (χ0n) is 28.8. The summed E-state index contributed by atoms with van der Waals surface area (Å²) in [4.78, 5) is 38.4. The smallest absolute Gasteiger partial charge is 0.416 e. The monoisotopic (exact) mass is 767 g/mol. The van der Waals surface area contributed by atoms with E-state index < -0.39 is 24.8 Å². The van der Waals surface area contributed by atoms with Gasteiger partial charge in [-0.3, -0.25) is 9.80 Å². The summed E-state index contributed by atoms with van der Waals surface area (Å²) in [6.45, 7) is 0.250. The minimum Gasteiger partial charge on any atom is -0.489 e. The fourth-order valence-corrected chi connectivity index (χ4v) is 7.26. The van der Waals surface area contributed by atoms with Gasteiger partial charge in [-0.2, -0.15) is 8.78 Å². The van der Waals surface area contributed by atoms with Gasteiger partial charge in [0.1, 0.15) is 28.1 Å². The lowest BCUT2D eigenvalue weighted by molar-refractivity contribution is -0.377. The number of piperidine rings is 3. The number of nitrogens with one attached hydrogen (secondary N) is 1. The minimum absolute atomic E-state index is 0.0774. The third-order valence-corrected chi connectivity index (χ3v) is 10.6. The molecule has 2 atom stereocenters. The summed E-state index contributed by atoms with van der Waals surface area (Å²) in [6, 6.07) is 16.5. The van der Waals surface area contributed by atoms with Crippen LogP contribution in [-0.4, -0.2) is 60.9 Å². The van der Waals surface area contributed by atoms with E-state index >= 15 is 0 Å². The molecule has 2 aromatic heterocycles. The number of nitrogens with zero attached hydrogens (tertiary/aromatic N) is 3. The number of anilines is 1. The second kappa shape index (κ2) is 16.7. The molecule has 4 aliphatic rings. The van der Waals surface area contributed by atoms with Crippen LogP contribution in [-0.2, 0) is 22.4 Å². The van der Waals surface area contributed by atoms with Crippen LogP contribution in [0.3, 0.4) is 0 Å². The van der Waals surface area contributed by atoms with Gasteiger partial charge in [0.05, 0.1) is 18.7 Å². The van der Waals surface area contributed by atoms with Crippen molar-refractivity contribution in [2.24, 2.45) is 11.8 Å². The highest BCUT2D eigenvalue weighted by atomic mass is 35.5. The van der Waals surface area contributed by atoms with Crippen molar-refractivity contribution in [1.29, 1.82) is 0 Å². The summed E-state index contributed by atoms with van der Waals surface area (Å²) < 4.78 is 49.2. The van der Waals surface area contributed by atoms with Gasteiger partial charge in [-0.1, -0.05) is 47.5 Å². The molecule has 4 fully saturated rings. The molecule has 0 unspecified atom stereocenters. The summed E-state index contributed by atoms with van der Waals surface area (Å²) in [5.74, 6) is 0.492. The van der Waals surface area contributed by atoms with E-state index in [0.29, 0.717) is 45.4 Å². The quantitative estimate of drug-likeness (QED) is 0.119. The number of benzene rings is 2. The van der Waals surface area contributed by atoms with Crippen molar-refractivity contribution in [3.63, 3.8) is 0 Å². The minimum atomic E-state index is -3.05. The Labute approximate surface area is 315 Å². The number of aromatic nitrogens is 2. The van der Waals surface area contributed by atoms with E-state index in [4.69, 9.17) is 42.1 Å². The van der Waals surface area contributed by atoms with Crippen LogP contribution in [0, 0.1) is 11.8 Å². The molecular formula is C39H39Cl2F2N4O6+. The number of alkyl halides is 2. The molecule has 1 N–H and O–H groups in total. The average Bonchev–Trinajstić information content (AvgIpc) is 4.00. The fraction of sp³-hybridized carbons (Fsp3) is 0.385. The van der Waals surface area contributed by atoms with Crippen LogP contribution in [0.15, 0.2) is 79.3 Å². The second-order valence-corrected chi connectivity index (χ2v) is 14.4. The Morgan fingerprint density at radius 2 is 1.72 bits per heavy atom. The topological polar surface area (TPSA) is 105 Å². The van der Waals surface area contributed by atoms with E-state index in [-0.39, 0.29) is 36.1 Å². The molecule has 1 amide bonds. The lowest BCUT2D eigenvalue weighted by atomic mass is 9.86. The molecule has 2 aromatic carbocycles. The molecule has 14 heteroatoms. The van der Waals surface area contributed by atoms with E-state index in [1.807, 2.05) is 6.07 Å². The summed E-state index contributed by atoms with van der Waals surface area (Å²) in [7, 11) is 0. The molecule has 0 spiro atoms. The van der Waals surface area contributed by atoms with E-state index in [9.17, 15) is 18.4 Å². The predicted octanol–water partition coefficient (Wildman–Crippen LogP) is 7.97. The first-order valence-corrected chi connectivity index (χ1v) is 18.4. The van der Waals surface area contributed by atoms with Crippen molar-refractivity contribution >= 4 is 41.1 Å². The van der Waals surface area contributed by atoms with Crippen molar-refractivity contribution in [2.45, 2.75) is 57.5 Å². The van der Waals surface area contributed by atoms with Crippen LogP contribution < -0.4 is 19.4 Å². The summed E-state index contributed by atoms with van der Waals surface area (Å²) in [5.41, 5.74) is 1.98. The first kappa shape index (κ1) is 36.8. The van der Waals surface area contributed by atoms with Gasteiger partial charge in [0, 0.05) is 24.7 Å². The summed E-state index contributed by atoms with van der Waals surface area (Å²) in [5, 5.41) is 0.658. The number of pyridine rings is 2. The molecule has 53 heavy (non-hydrogen) atoms. The Morgan fingerprint density at radius 3 is 2.36 bits per heavy atom. The van der Waals surface area contributed by atoms with Crippen LogP contribution >= 0.6 is 23.2 Å². The molecule has 0 radical (unpaired) electrons. The van der Waals surface area contributed by atoms with Crippen molar-refractivity contribution in [3.05, 3.63) is 112 Å². The Kier molecular flexibility index (Phi) is 11.6. The number of halogens is 4. The number of carbonyl (C=O) groups excluding carboxylic acids is 2. The zero-order valence-corrected chi connectivity index (χ0v) is 30.3. The maximum absolute atomic E-state index is 13.7. The van der Waals surface area contributed by atoms with Crippen molar-refractivity contribution in [3.8, 4) is 11.5 Å². The molecule has 10 nitrogen and oxygen atoms in total. The molecule has 2 bridgehead atoms. The molecular weight excluding hydrogens is 729 g/mol. The number of esters is 1. The van der Waals surface area contributed by atoms with Crippen LogP contribution in [0.25, 0.3) is 0 Å². The Bertz CT molecular complexity index is 1870. The number of carbonyl (C=O) groups is 2. The van der Waals surface area contributed by atoms with Crippen LogP contribution in [0.2, 0.25) is 10.0 Å². The third-order valence-electron chi connectivity index (χ3n) is 9.89. The lowest BCUT2D eigenvalue weighted by Crippen LogP contribution is -2.53. The highest BCUT2D eigenvalue weighted by molar-refractivity contribution is 6.35. The maximum atomic E-state index is 13.7. The summed E-state index contributed by atoms with van der Waals surface area (Å²) in [6.07, 6.45) is 7.25. The predicted molar refractivity (Wildman–Crippen MR) is 192 cm³/mol. The SMILES string of the molecule is O=C(O[C@@H](Cc1c(Cl)c[nH+]cc1Cl)c1ccc(OC(F)F)c(OCC2CC2)c1)c1ccc(CN(C(=O)O[C@H]2CN3CCC2CC3)c2ccccn2)cc1. The molecule has 8 rings (SSSR count). The average molecular weight is 769 g/mol. The Hall–Kier alpha value is -4.52. The van der Waals surface area contributed by atoms with E-state index in [1.54, 1.807) is 67.1 Å². The van der Waals surface area contributed by atoms with E-state index in [2.05, 4.69) is 14.9 Å². The van der Waals surface area contributed by atoms with Crippen LogP contribution in [0.4, 0.5) is 19.4 Å². The van der Waals surface area contributed by atoms with Crippen molar-refractivity contribution < 1.29 is 42.3 Å². The number of hydrogen-bond acceptors (Lipinski definition) is 8. The first-order valence-electron chi connectivity index (χ1n) is 17.7. The second-order valence-electron chi connectivity index (χ2n) is 13.6. The van der Waals surface area contributed by atoms with E-state index in [0.717, 1.165) is 50.9 Å². The van der Waals surface area contributed by atoms with Gasteiger partial charge in [0.15, 0.2) is 23.9 Å². The standard InChI is InChI=1S/C39H38Cl2F2N4O6/c40-30-19-44-20-31(41)29(30)18-33(28-10-11-32(52-38(42)43)34(17-28)50-23-25-4-5-25)51-37(48)27-8-6-24(7-9-27)21-47(36-3-1-2-14-45-36)39(49)53-35-22-46-15-12-26(35)13-16-46/h1-3,6-11,14,17,19-20,25-26,33,35,38H,4-5,12-13,15-16,18,21-23H2/p+1/t33-,35-/m0/s1. The number of aromatic amines is 1. The lowest BCUT2D eigenvalue weighted by Gasteiger charge is -2.44. The van der Waals surface area contributed by atoms with Gasteiger partial charge in [0.2, 0.25) is 0 Å². The number of amides is 1. The number of H-pyrrole nitrogens is 1. The van der Waals surface area contributed by atoms with Gasteiger partial charge < -0.3 is 18.9 Å². The molecule has 1 saturated carbocycles. The third kappa shape index (κ3) is 9.35. The zero-order chi connectivity index (χ0) is 36.9. The number of rotatable bonds is 14. The summed E-state index contributed by atoms with van der Waals surface area (Å²) >= 11 is 13.0. The molecule has 3 aliphatic heterocycles. The Balaban J connectivity index is 1.10. The molecule has 3 saturated heterocycles. The fourth-order valence-electron chi connectivity index (χ4n) is 6.72. The molecule has 278 valence electrons. The number of ether oxygens (including phenoxy) is 4. The van der Waals surface area contributed by atoms with Gasteiger partial charge in [0.25, 0.3) is 0 Å². The largest absolute Gasteiger partial charge is 0.489 e. The highest BCUT2D eigenvalue weighted by Gasteiger charge is 2.37. The first-order chi connectivity index (χ1) is 25.7. The van der Waals surface area contributed by atoms with Gasteiger partial charge in [-0.05, 0) is 98.1 Å². The molecule has 4 aromatic rings. The van der Waals surface area contributed by atoms with Crippen molar-refractivity contribution in [2.75, 3.05) is 31.1 Å². The molecule has 5 heterocycles. The van der Waals surface area contributed by atoms with Crippen LogP contribution in [0.1, 0.15) is 58.8 Å². The van der Waals surface area contributed by atoms with Gasteiger partial charge >= 0.3 is 18.7 Å². The number of fused-ring (bicyclic) bond motifs is 3. The van der Waals surface area contributed by atoms with Crippen LogP contribution in [0.5, 0.6) is 11.5 Å².